The van der Waals surface area contributed by atoms with Crippen molar-refractivity contribution in [2.24, 2.45) is 7.05 Å². The van der Waals surface area contributed by atoms with Crippen LogP contribution in [0.1, 0.15) is 11.3 Å². The van der Waals surface area contributed by atoms with Gasteiger partial charge in [-0.2, -0.15) is 5.10 Å². The molecule has 1 aliphatic rings. The van der Waals surface area contributed by atoms with E-state index in [1.807, 2.05) is 11.0 Å². The third-order valence-electron chi connectivity index (χ3n) is 4.54. The molecule has 1 fully saturated rings. The van der Waals surface area contributed by atoms with Crippen molar-refractivity contribution < 1.29 is 9.85 Å². The van der Waals surface area contributed by atoms with E-state index in [4.69, 9.17) is 0 Å². The molecule has 2 aromatic rings. The number of nitro groups is 2. The molecule has 0 aliphatic carbocycles. The van der Waals surface area contributed by atoms with Gasteiger partial charge in [-0.05, 0) is 12.5 Å². The van der Waals surface area contributed by atoms with Crippen molar-refractivity contribution in [1.82, 2.24) is 14.7 Å². The number of aryl methyl sites for hydroxylation is 2. The molecule has 10 nitrogen and oxygen atoms in total. The largest absolute Gasteiger partial charge is 0.349 e. The first-order valence-corrected chi connectivity index (χ1v) is 8.25. The molecule has 0 spiro atoms. The number of nitro benzene ring substituents is 1. The summed E-state index contributed by atoms with van der Waals surface area (Å²) in [5.74, 6) is 0.530. The van der Waals surface area contributed by atoms with E-state index in [-0.39, 0.29) is 16.3 Å². The Morgan fingerprint density at radius 3 is 2.42 bits per heavy atom. The third kappa shape index (κ3) is 3.49. The van der Waals surface area contributed by atoms with Gasteiger partial charge < -0.3 is 4.90 Å². The summed E-state index contributed by atoms with van der Waals surface area (Å²) in [7, 11) is 1.71. The predicted octanol–water partition coefficient (Wildman–Crippen LogP) is 1.87. The second-order valence-electron chi connectivity index (χ2n) is 6.33. The molecular formula is C16H20N6O4. The van der Waals surface area contributed by atoms with E-state index in [1.54, 1.807) is 30.8 Å². The molecule has 1 saturated heterocycles. The van der Waals surface area contributed by atoms with Gasteiger partial charge in [0, 0.05) is 51.9 Å². The average Bonchev–Trinajstić information content (AvgIpc) is 2.90. The van der Waals surface area contributed by atoms with Crippen LogP contribution in [0.2, 0.25) is 0 Å². The summed E-state index contributed by atoms with van der Waals surface area (Å²) in [4.78, 5) is 25.6. The van der Waals surface area contributed by atoms with Crippen molar-refractivity contribution in [2.75, 3.05) is 31.1 Å². The second kappa shape index (κ2) is 7.08. The van der Waals surface area contributed by atoms with Crippen LogP contribution in [0.15, 0.2) is 24.3 Å². The van der Waals surface area contributed by atoms with E-state index in [1.165, 1.54) is 6.07 Å². The Labute approximate surface area is 149 Å². The summed E-state index contributed by atoms with van der Waals surface area (Å²) in [5.41, 5.74) is 1.43. The van der Waals surface area contributed by atoms with Crippen molar-refractivity contribution in [1.29, 1.82) is 0 Å². The topological polar surface area (TPSA) is 111 Å². The van der Waals surface area contributed by atoms with Gasteiger partial charge in [-0.1, -0.05) is 12.1 Å². The zero-order valence-electron chi connectivity index (χ0n) is 14.7. The molecule has 3 rings (SSSR count). The van der Waals surface area contributed by atoms with Gasteiger partial charge in [0.2, 0.25) is 5.82 Å². The number of hydrogen-bond acceptors (Lipinski definition) is 7. The van der Waals surface area contributed by atoms with Crippen molar-refractivity contribution in [3.63, 3.8) is 0 Å². The highest BCUT2D eigenvalue weighted by molar-refractivity contribution is 5.61. The molecule has 138 valence electrons. The van der Waals surface area contributed by atoms with Gasteiger partial charge >= 0.3 is 5.69 Å². The number of benzene rings is 1. The Bertz CT molecular complexity index is 841. The van der Waals surface area contributed by atoms with Crippen LogP contribution in [0.5, 0.6) is 0 Å². The summed E-state index contributed by atoms with van der Waals surface area (Å²) in [5, 5.41) is 26.4. The quantitative estimate of drug-likeness (QED) is 0.591. The van der Waals surface area contributed by atoms with Crippen LogP contribution in [0, 0.1) is 27.2 Å². The Hall–Kier alpha value is -3.01. The number of hydrogen-bond donors (Lipinski definition) is 0. The number of anilines is 1. The fraction of sp³-hybridized carbons (Fsp3) is 0.438. The first-order valence-electron chi connectivity index (χ1n) is 8.25. The van der Waals surface area contributed by atoms with Crippen molar-refractivity contribution in [3.05, 3.63) is 55.8 Å². The number of rotatable bonds is 5. The molecule has 0 saturated carbocycles. The van der Waals surface area contributed by atoms with Crippen LogP contribution in [0.4, 0.5) is 17.2 Å². The van der Waals surface area contributed by atoms with E-state index in [0.717, 1.165) is 5.56 Å². The molecule has 0 atom stereocenters. The summed E-state index contributed by atoms with van der Waals surface area (Å²) >= 11 is 0. The standard InChI is InChI=1S/C16H20N6O4/c1-12-15(22(25)26)16(18(2)17-12)20-8-6-19(7-9-20)11-13-4-3-5-14(10-13)21(23)24/h3-5,10H,6-9,11H2,1-2H3. The molecular weight excluding hydrogens is 340 g/mol. The molecule has 0 amide bonds. The highest BCUT2D eigenvalue weighted by Gasteiger charge is 2.30. The van der Waals surface area contributed by atoms with Crippen LogP contribution in [0.25, 0.3) is 0 Å². The lowest BCUT2D eigenvalue weighted by molar-refractivity contribution is -0.385. The minimum Gasteiger partial charge on any atom is -0.349 e. The van der Waals surface area contributed by atoms with Crippen LogP contribution in [-0.2, 0) is 13.6 Å². The Morgan fingerprint density at radius 1 is 1.12 bits per heavy atom. The number of nitrogens with zero attached hydrogens (tertiary/aromatic N) is 6. The Balaban J connectivity index is 1.68. The first kappa shape index (κ1) is 17.8. The lowest BCUT2D eigenvalue weighted by Gasteiger charge is -2.35. The van der Waals surface area contributed by atoms with E-state index in [9.17, 15) is 20.2 Å². The smallest absolute Gasteiger partial charge is 0.333 e. The minimum absolute atomic E-state index is 0.0552. The van der Waals surface area contributed by atoms with Crippen LogP contribution in [0.3, 0.4) is 0 Å². The van der Waals surface area contributed by atoms with Gasteiger partial charge in [-0.3, -0.25) is 25.1 Å². The van der Waals surface area contributed by atoms with E-state index in [2.05, 4.69) is 10.00 Å². The van der Waals surface area contributed by atoms with Gasteiger partial charge in [0.1, 0.15) is 5.69 Å². The highest BCUT2D eigenvalue weighted by Crippen LogP contribution is 2.31. The van der Waals surface area contributed by atoms with Crippen LogP contribution in [-0.4, -0.2) is 50.7 Å². The second-order valence-corrected chi connectivity index (χ2v) is 6.33. The van der Waals surface area contributed by atoms with Gasteiger partial charge in [0.15, 0.2) is 0 Å². The Morgan fingerprint density at radius 2 is 1.81 bits per heavy atom. The summed E-state index contributed by atoms with van der Waals surface area (Å²) in [6, 6.07) is 6.62. The minimum atomic E-state index is -0.398. The van der Waals surface area contributed by atoms with Gasteiger partial charge in [0.05, 0.1) is 9.85 Å². The van der Waals surface area contributed by atoms with Crippen molar-refractivity contribution in [3.8, 4) is 0 Å². The van der Waals surface area contributed by atoms with E-state index in [0.29, 0.717) is 44.2 Å². The normalized spacial score (nSPS) is 15.2. The molecule has 0 N–H and O–H groups in total. The SMILES string of the molecule is Cc1nn(C)c(N2CCN(Cc3cccc([N+](=O)[O-])c3)CC2)c1[N+](=O)[O-]. The maximum absolute atomic E-state index is 11.4. The van der Waals surface area contributed by atoms with Crippen LogP contribution < -0.4 is 4.90 Å². The summed E-state index contributed by atoms with van der Waals surface area (Å²) in [6.45, 7) is 4.94. The van der Waals surface area contributed by atoms with Crippen LogP contribution >= 0.6 is 0 Å². The molecule has 1 aromatic carbocycles. The highest BCUT2D eigenvalue weighted by atomic mass is 16.6. The predicted molar refractivity (Wildman–Crippen MR) is 95.2 cm³/mol. The summed E-state index contributed by atoms with van der Waals surface area (Å²) < 4.78 is 1.56. The first-order chi connectivity index (χ1) is 12.4. The lowest BCUT2D eigenvalue weighted by Crippen LogP contribution is -2.46. The van der Waals surface area contributed by atoms with Gasteiger partial charge in [-0.25, -0.2) is 4.68 Å². The zero-order chi connectivity index (χ0) is 18.8. The molecule has 0 radical (unpaired) electrons. The third-order valence-corrected chi connectivity index (χ3v) is 4.54. The van der Waals surface area contributed by atoms with Crippen molar-refractivity contribution >= 4 is 17.2 Å². The fourth-order valence-electron chi connectivity index (χ4n) is 3.35. The number of piperazine rings is 1. The molecule has 1 aromatic heterocycles. The molecule has 26 heavy (non-hydrogen) atoms. The number of non-ortho nitro benzene ring substituents is 1. The summed E-state index contributed by atoms with van der Waals surface area (Å²) in [6.07, 6.45) is 0. The average molecular weight is 360 g/mol. The monoisotopic (exact) mass is 360 g/mol. The fourth-order valence-corrected chi connectivity index (χ4v) is 3.35. The Kier molecular flexibility index (Phi) is 4.85. The zero-order valence-corrected chi connectivity index (χ0v) is 14.7. The maximum Gasteiger partial charge on any atom is 0.333 e. The van der Waals surface area contributed by atoms with Gasteiger partial charge in [0.25, 0.3) is 5.69 Å². The molecule has 0 unspecified atom stereocenters. The molecule has 1 aliphatic heterocycles. The lowest BCUT2D eigenvalue weighted by atomic mass is 10.1. The molecule has 0 bridgehead atoms. The van der Waals surface area contributed by atoms with Crippen molar-refractivity contribution in [2.45, 2.75) is 13.5 Å². The van der Waals surface area contributed by atoms with Gasteiger partial charge in [-0.15, -0.1) is 0 Å². The molecule has 2 heterocycles. The van der Waals surface area contributed by atoms with E-state index >= 15 is 0 Å². The van der Waals surface area contributed by atoms with E-state index < -0.39 is 4.92 Å². The maximum atomic E-state index is 11.4. The number of aromatic nitrogens is 2. The molecule has 10 heteroatoms.